The second-order valence-corrected chi connectivity index (χ2v) is 3.93. The van der Waals surface area contributed by atoms with Gasteiger partial charge in [-0.25, -0.2) is 14.2 Å². The number of rotatable bonds is 2. The molecule has 1 heterocycles. The lowest BCUT2D eigenvalue weighted by atomic mass is 10.1. The monoisotopic (exact) mass is 243 g/mol. The second kappa shape index (κ2) is 4.80. The largest absolute Gasteiger partial charge is 0.347 e. The van der Waals surface area contributed by atoms with Crippen LogP contribution in [-0.4, -0.2) is 9.55 Å². The zero-order chi connectivity index (χ0) is 13.1. The molecule has 4 nitrogen and oxygen atoms in total. The van der Waals surface area contributed by atoms with E-state index in [1.807, 2.05) is 0 Å². The molecule has 0 saturated carbocycles. The zero-order valence-corrected chi connectivity index (χ0v) is 9.72. The minimum atomic E-state index is -0.589. The molecule has 0 amide bonds. The summed E-state index contributed by atoms with van der Waals surface area (Å²) in [5.74, 6) is -0.589. The summed E-state index contributed by atoms with van der Waals surface area (Å²) in [6, 6.07) is 6.30. The van der Waals surface area contributed by atoms with Gasteiger partial charge in [0, 0.05) is 18.0 Å². The van der Waals surface area contributed by atoms with E-state index in [9.17, 15) is 9.18 Å². The van der Waals surface area contributed by atoms with E-state index in [1.54, 1.807) is 31.3 Å². The Balaban J connectivity index is 2.44. The van der Waals surface area contributed by atoms with E-state index in [1.165, 1.54) is 16.8 Å². The minimum absolute atomic E-state index is 0.0267. The molecule has 0 aliphatic rings. The van der Waals surface area contributed by atoms with Gasteiger partial charge in [-0.2, -0.15) is 5.26 Å². The summed E-state index contributed by atoms with van der Waals surface area (Å²) < 4.78 is 15.1. The normalized spacial score (nSPS) is 10.1. The highest BCUT2D eigenvalue weighted by molar-refractivity contribution is 5.35. The predicted octanol–water partition coefficient (Wildman–Crippen LogP) is 1.61. The van der Waals surface area contributed by atoms with Crippen molar-refractivity contribution in [1.82, 2.24) is 9.55 Å². The Hall–Kier alpha value is -2.48. The van der Waals surface area contributed by atoms with Gasteiger partial charge in [0.2, 0.25) is 0 Å². The van der Waals surface area contributed by atoms with Crippen LogP contribution < -0.4 is 5.69 Å². The predicted molar refractivity (Wildman–Crippen MR) is 63.5 cm³/mol. The maximum Gasteiger partial charge on any atom is 0.347 e. The number of halogens is 1. The van der Waals surface area contributed by atoms with E-state index < -0.39 is 11.5 Å². The number of nitriles is 1. The van der Waals surface area contributed by atoms with Crippen LogP contribution in [-0.2, 0) is 6.54 Å². The molecule has 0 fully saturated rings. The summed E-state index contributed by atoms with van der Waals surface area (Å²) in [6.45, 7) is 1.86. The van der Waals surface area contributed by atoms with Crippen LogP contribution in [0, 0.1) is 24.1 Å². The van der Waals surface area contributed by atoms with E-state index in [0.717, 1.165) is 5.56 Å². The summed E-state index contributed by atoms with van der Waals surface area (Å²) in [4.78, 5) is 15.2. The van der Waals surface area contributed by atoms with Gasteiger partial charge in [-0.3, -0.25) is 4.57 Å². The third kappa shape index (κ3) is 2.28. The first kappa shape index (κ1) is 12.0. The van der Waals surface area contributed by atoms with Crippen LogP contribution in [0.1, 0.15) is 16.7 Å². The molecule has 0 atom stereocenters. The summed E-state index contributed by atoms with van der Waals surface area (Å²) in [7, 11) is 0. The van der Waals surface area contributed by atoms with Gasteiger partial charge in [-0.05, 0) is 18.6 Å². The fraction of sp³-hybridized carbons (Fsp3) is 0.154. The van der Waals surface area contributed by atoms with Crippen molar-refractivity contribution in [1.29, 1.82) is 5.26 Å². The molecule has 5 heteroatoms. The Bertz CT molecular complexity index is 685. The first-order valence-electron chi connectivity index (χ1n) is 5.32. The fourth-order valence-electron chi connectivity index (χ4n) is 1.65. The summed E-state index contributed by atoms with van der Waals surface area (Å²) in [5.41, 5.74) is 0.638. The number of aromatic nitrogens is 2. The molecule has 0 radical (unpaired) electrons. The lowest BCUT2D eigenvalue weighted by Crippen LogP contribution is -2.23. The number of aryl methyl sites for hydroxylation is 1. The lowest BCUT2D eigenvalue weighted by Gasteiger charge is -2.07. The van der Waals surface area contributed by atoms with Crippen LogP contribution in [0.4, 0.5) is 4.39 Å². The summed E-state index contributed by atoms with van der Waals surface area (Å²) in [5, 5.41) is 8.74. The van der Waals surface area contributed by atoms with Crippen LogP contribution >= 0.6 is 0 Å². The Kier molecular flexibility index (Phi) is 3.20. The Morgan fingerprint density at radius 3 is 3.00 bits per heavy atom. The Morgan fingerprint density at radius 1 is 1.50 bits per heavy atom. The average Bonchev–Trinajstić information content (AvgIpc) is 2.36. The molecule has 0 spiro atoms. The molecular formula is C13H10FN3O. The fourth-order valence-corrected chi connectivity index (χ4v) is 1.65. The maximum absolute atomic E-state index is 13.8. The molecule has 0 bridgehead atoms. The number of hydrogen-bond donors (Lipinski definition) is 0. The van der Waals surface area contributed by atoms with Gasteiger partial charge in [0.1, 0.15) is 11.9 Å². The van der Waals surface area contributed by atoms with Crippen molar-refractivity contribution in [2.24, 2.45) is 0 Å². The van der Waals surface area contributed by atoms with Gasteiger partial charge < -0.3 is 0 Å². The van der Waals surface area contributed by atoms with Gasteiger partial charge in [0.15, 0.2) is 0 Å². The van der Waals surface area contributed by atoms with E-state index in [-0.39, 0.29) is 12.1 Å². The lowest BCUT2D eigenvalue weighted by molar-refractivity contribution is 0.589. The topological polar surface area (TPSA) is 58.7 Å². The van der Waals surface area contributed by atoms with Crippen molar-refractivity contribution in [3.8, 4) is 6.07 Å². The van der Waals surface area contributed by atoms with E-state index in [2.05, 4.69) is 4.98 Å². The van der Waals surface area contributed by atoms with Crippen molar-refractivity contribution < 1.29 is 4.39 Å². The van der Waals surface area contributed by atoms with Crippen molar-refractivity contribution >= 4 is 0 Å². The first-order valence-corrected chi connectivity index (χ1v) is 5.32. The molecular weight excluding hydrogens is 233 g/mol. The molecule has 2 rings (SSSR count). The average molecular weight is 243 g/mol. The smallest absolute Gasteiger partial charge is 0.294 e. The molecule has 0 N–H and O–H groups in total. The van der Waals surface area contributed by atoms with Crippen molar-refractivity contribution in [3.63, 3.8) is 0 Å². The SMILES string of the molecule is Cc1cnc(=O)n(Cc2cccc(C#N)c2F)c1. The number of benzene rings is 1. The number of hydrogen-bond acceptors (Lipinski definition) is 3. The van der Waals surface area contributed by atoms with Crippen LogP contribution in [0.5, 0.6) is 0 Å². The molecule has 1 aromatic heterocycles. The molecule has 18 heavy (non-hydrogen) atoms. The quantitative estimate of drug-likeness (QED) is 0.805. The Morgan fingerprint density at radius 2 is 2.28 bits per heavy atom. The maximum atomic E-state index is 13.8. The third-order valence-corrected chi connectivity index (χ3v) is 2.52. The van der Waals surface area contributed by atoms with Gasteiger partial charge in [0.05, 0.1) is 12.1 Å². The highest BCUT2D eigenvalue weighted by Crippen LogP contribution is 2.12. The van der Waals surface area contributed by atoms with E-state index >= 15 is 0 Å². The first-order chi connectivity index (χ1) is 8.61. The van der Waals surface area contributed by atoms with Crippen LogP contribution in [0.2, 0.25) is 0 Å². The summed E-state index contributed by atoms with van der Waals surface area (Å²) >= 11 is 0. The van der Waals surface area contributed by atoms with Crippen molar-refractivity contribution in [3.05, 3.63) is 63.6 Å². The molecule has 0 saturated heterocycles. The van der Waals surface area contributed by atoms with Crippen LogP contribution in [0.25, 0.3) is 0 Å². The van der Waals surface area contributed by atoms with Crippen LogP contribution in [0.3, 0.4) is 0 Å². The molecule has 1 aromatic carbocycles. The molecule has 2 aromatic rings. The standard InChI is InChI=1S/C13H10FN3O/c1-9-6-16-13(18)17(7-9)8-11-4-2-3-10(5-15)12(11)14/h2-4,6-7H,8H2,1H3. The van der Waals surface area contributed by atoms with Gasteiger partial charge in [-0.1, -0.05) is 12.1 Å². The van der Waals surface area contributed by atoms with E-state index in [4.69, 9.17) is 5.26 Å². The summed E-state index contributed by atoms with van der Waals surface area (Å²) in [6.07, 6.45) is 3.06. The van der Waals surface area contributed by atoms with Crippen molar-refractivity contribution in [2.75, 3.05) is 0 Å². The van der Waals surface area contributed by atoms with Gasteiger partial charge in [0.25, 0.3) is 0 Å². The molecule has 0 unspecified atom stereocenters. The zero-order valence-electron chi connectivity index (χ0n) is 9.72. The molecule has 0 aliphatic heterocycles. The van der Waals surface area contributed by atoms with E-state index in [0.29, 0.717) is 5.56 Å². The van der Waals surface area contributed by atoms with Gasteiger partial charge >= 0.3 is 5.69 Å². The van der Waals surface area contributed by atoms with Crippen molar-refractivity contribution in [2.45, 2.75) is 13.5 Å². The number of nitrogens with zero attached hydrogens (tertiary/aromatic N) is 3. The van der Waals surface area contributed by atoms with Gasteiger partial charge in [-0.15, -0.1) is 0 Å². The third-order valence-electron chi connectivity index (χ3n) is 2.52. The second-order valence-electron chi connectivity index (χ2n) is 3.93. The highest BCUT2D eigenvalue weighted by Gasteiger charge is 2.08. The highest BCUT2D eigenvalue weighted by atomic mass is 19.1. The Labute approximate surface area is 103 Å². The minimum Gasteiger partial charge on any atom is -0.294 e. The molecule has 0 aliphatic carbocycles. The molecule has 90 valence electrons. The van der Waals surface area contributed by atoms with Crippen LogP contribution in [0.15, 0.2) is 35.4 Å².